The lowest BCUT2D eigenvalue weighted by Gasteiger charge is -2.03. The Hall–Kier alpha value is -3.23. The van der Waals surface area contributed by atoms with Crippen LogP contribution >= 0.6 is 23.4 Å². The summed E-state index contributed by atoms with van der Waals surface area (Å²) in [5.41, 5.74) is 2.99. The Morgan fingerprint density at radius 1 is 1.20 bits per heavy atom. The third kappa shape index (κ3) is 5.65. The monoisotopic (exact) mass is 444 g/mol. The summed E-state index contributed by atoms with van der Waals surface area (Å²) in [6.45, 7) is 0. The number of hydrogen-bond donors (Lipinski definition) is 2. The lowest BCUT2D eigenvalue weighted by molar-refractivity contribution is -0.118. The number of carboxylic acid groups (broad SMARTS) is 1. The van der Waals surface area contributed by atoms with Crippen molar-refractivity contribution >= 4 is 41.5 Å². The van der Waals surface area contributed by atoms with Gasteiger partial charge < -0.3 is 14.3 Å². The van der Waals surface area contributed by atoms with Gasteiger partial charge in [0, 0.05) is 10.5 Å². The quantitative estimate of drug-likeness (QED) is 0.300. The van der Waals surface area contributed by atoms with Gasteiger partial charge in [0.1, 0.15) is 17.3 Å². The van der Waals surface area contributed by atoms with E-state index in [0.717, 1.165) is 10.6 Å². The SMILES string of the molecule is COc1ccc(SCC(=O)N/N=C/c2ccc(-c3ccc(Cl)c(C(=O)O)c3)o2)cc1. The van der Waals surface area contributed by atoms with Crippen LogP contribution in [0.25, 0.3) is 11.3 Å². The van der Waals surface area contributed by atoms with Crippen molar-refractivity contribution < 1.29 is 23.8 Å². The van der Waals surface area contributed by atoms with E-state index in [1.165, 1.54) is 30.1 Å². The highest BCUT2D eigenvalue weighted by molar-refractivity contribution is 8.00. The van der Waals surface area contributed by atoms with Crippen LogP contribution in [0.4, 0.5) is 0 Å². The molecule has 0 aliphatic carbocycles. The van der Waals surface area contributed by atoms with E-state index in [1.807, 2.05) is 24.3 Å². The maximum Gasteiger partial charge on any atom is 0.337 e. The first kappa shape index (κ1) is 21.5. The molecule has 0 spiro atoms. The molecule has 7 nitrogen and oxygen atoms in total. The zero-order valence-electron chi connectivity index (χ0n) is 15.8. The molecule has 9 heteroatoms. The number of hydrogen-bond acceptors (Lipinski definition) is 6. The van der Waals surface area contributed by atoms with Gasteiger partial charge in [0.15, 0.2) is 0 Å². The number of nitrogens with one attached hydrogen (secondary N) is 1. The zero-order valence-corrected chi connectivity index (χ0v) is 17.4. The van der Waals surface area contributed by atoms with Gasteiger partial charge in [-0.2, -0.15) is 5.10 Å². The van der Waals surface area contributed by atoms with Gasteiger partial charge in [-0.25, -0.2) is 10.2 Å². The fourth-order valence-corrected chi connectivity index (χ4v) is 3.33. The van der Waals surface area contributed by atoms with E-state index in [-0.39, 0.29) is 22.2 Å². The molecule has 2 N–H and O–H groups in total. The number of carbonyl (C=O) groups is 2. The van der Waals surface area contributed by atoms with E-state index < -0.39 is 5.97 Å². The fraction of sp³-hybridized carbons (Fsp3) is 0.0952. The molecular formula is C21H17ClN2O5S. The number of benzene rings is 2. The van der Waals surface area contributed by atoms with Gasteiger partial charge in [0.05, 0.1) is 29.7 Å². The lowest BCUT2D eigenvalue weighted by Crippen LogP contribution is -2.19. The molecule has 0 aliphatic rings. The predicted octanol–water partition coefficient (Wildman–Crippen LogP) is 4.55. The van der Waals surface area contributed by atoms with Crippen molar-refractivity contribution in [3.8, 4) is 17.1 Å². The number of carboxylic acids is 1. The van der Waals surface area contributed by atoms with Gasteiger partial charge >= 0.3 is 5.97 Å². The molecule has 1 aromatic heterocycles. The Kier molecular flexibility index (Phi) is 7.16. The molecule has 3 aromatic rings. The largest absolute Gasteiger partial charge is 0.497 e. The van der Waals surface area contributed by atoms with Crippen LogP contribution in [-0.4, -0.2) is 36.1 Å². The first-order chi connectivity index (χ1) is 14.5. The van der Waals surface area contributed by atoms with Crippen LogP contribution in [0.1, 0.15) is 16.1 Å². The molecule has 0 saturated carbocycles. The molecule has 0 saturated heterocycles. The molecule has 0 fully saturated rings. The number of halogens is 1. The van der Waals surface area contributed by atoms with Gasteiger partial charge in [0.2, 0.25) is 5.91 Å². The molecule has 3 rings (SSSR count). The molecule has 0 bridgehead atoms. The average Bonchev–Trinajstić information content (AvgIpc) is 3.21. The Bertz CT molecular complexity index is 1080. The second-order valence-corrected chi connectivity index (χ2v) is 7.42. The summed E-state index contributed by atoms with van der Waals surface area (Å²) in [5.74, 6) is 0.435. The molecule has 1 amide bonds. The normalized spacial score (nSPS) is 10.9. The number of furan rings is 1. The fourth-order valence-electron chi connectivity index (χ4n) is 2.44. The van der Waals surface area contributed by atoms with E-state index in [4.69, 9.17) is 25.9 Å². The minimum absolute atomic E-state index is 0.0117. The molecule has 0 atom stereocenters. The van der Waals surface area contributed by atoms with Crippen LogP contribution in [-0.2, 0) is 4.79 Å². The van der Waals surface area contributed by atoms with Crippen molar-refractivity contribution in [3.05, 3.63) is 70.9 Å². The van der Waals surface area contributed by atoms with Gasteiger partial charge in [0.25, 0.3) is 0 Å². The number of ether oxygens (including phenoxy) is 1. The van der Waals surface area contributed by atoms with Gasteiger partial charge in [-0.3, -0.25) is 4.79 Å². The number of carbonyl (C=O) groups excluding carboxylic acids is 1. The molecule has 30 heavy (non-hydrogen) atoms. The van der Waals surface area contributed by atoms with E-state index in [1.54, 1.807) is 25.3 Å². The second kappa shape index (κ2) is 10.00. The Balaban J connectivity index is 1.54. The standard InChI is InChI=1S/C21H17ClN2O5S/c1-28-14-3-6-16(7-4-14)30-12-20(25)24-23-11-15-5-9-19(29-15)13-2-8-18(22)17(10-13)21(26)27/h2-11H,12H2,1H3,(H,24,25)(H,26,27)/b23-11+. The summed E-state index contributed by atoms with van der Waals surface area (Å²) in [5, 5.41) is 13.2. The molecular weight excluding hydrogens is 428 g/mol. The number of hydrazone groups is 1. The van der Waals surface area contributed by atoms with E-state index >= 15 is 0 Å². The van der Waals surface area contributed by atoms with Crippen molar-refractivity contribution in [1.29, 1.82) is 0 Å². The zero-order chi connectivity index (χ0) is 21.5. The first-order valence-corrected chi connectivity index (χ1v) is 10.0. The highest BCUT2D eigenvalue weighted by atomic mass is 35.5. The summed E-state index contributed by atoms with van der Waals surface area (Å²) in [6, 6.07) is 15.3. The third-order valence-corrected chi connectivity index (χ3v) is 5.26. The van der Waals surface area contributed by atoms with E-state index in [9.17, 15) is 9.59 Å². The molecule has 0 radical (unpaired) electrons. The van der Waals surface area contributed by atoms with Crippen molar-refractivity contribution in [3.63, 3.8) is 0 Å². The van der Waals surface area contributed by atoms with Crippen molar-refractivity contribution in [2.75, 3.05) is 12.9 Å². The molecule has 1 heterocycles. The maximum absolute atomic E-state index is 11.9. The van der Waals surface area contributed by atoms with Crippen LogP contribution < -0.4 is 10.2 Å². The van der Waals surface area contributed by atoms with E-state index in [0.29, 0.717) is 17.1 Å². The molecule has 0 aliphatic heterocycles. The topological polar surface area (TPSA) is 101 Å². The van der Waals surface area contributed by atoms with Gasteiger partial charge in [-0.1, -0.05) is 11.6 Å². The number of methoxy groups -OCH3 is 1. The second-order valence-electron chi connectivity index (χ2n) is 5.96. The Morgan fingerprint density at radius 3 is 2.67 bits per heavy atom. The van der Waals surface area contributed by atoms with Crippen molar-refractivity contribution in [2.24, 2.45) is 5.10 Å². The molecule has 2 aromatic carbocycles. The number of rotatable bonds is 8. The number of thioether (sulfide) groups is 1. The highest BCUT2D eigenvalue weighted by Crippen LogP contribution is 2.26. The Labute approximate surface area is 181 Å². The predicted molar refractivity (Wildman–Crippen MR) is 116 cm³/mol. The summed E-state index contributed by atoms with van der Waals surface area (Å²) >= 11 is 7.26. The summed E-state index contributed by atoms with van der Waals surface area (Å²) in [6.07, 6.45) is 1.37. The maximum atomic E-state index is 11.9. The first-order valence-electron chi connectivity index (χ1n) is 8.68. The minimum atomic E-state index is -1.12. The van der Waals surface area contributed by atoms with Crippen LogP contribution in [0.15, 0.2) is 69.0 Å². The number of aromatic carboxylic acids is 1. The summed E-state index contributed by atoms with van der Waals surface area (Å²) in [7, 11) is 1.60. The van der Waals surface area contributed by atoms with Crippen molar-refractivity contribution in [2.45, 2.75) is 4.90 Å². The van der Waals surface area contributed by atoms with Crippen LogP contribution in [0.3, 0.4) is 0 Å². The van der Waals surface area contributed by atoms with Crippen LogP contribution in [0.5, 0.6) is 5.75 Å². The number of nitrogens with zero attached hydrogens (tertiary/aromatic N) is 1. The molecule has 0 unspecified atom stereocenters. The number of amides is 1. The smallest absolute Gasteiger partial charge is 0.337 e. The summed E-state index contributed by atoms with van der Waals surface area (Å²) in [4.78, 5) is 24.1. The van der Waals surface area contributed by atoms with Gasteiger partial charge in [-0.15, -0.1) is 11.8 Å². The summed E-state index contributed by atoms with van der Waals surface area (Å²) < 4.78 is 10.7. The Morgan fingerprint density at radius 2 is 1.97 bits per heavy atom. The van der Waals surface area contributed by atoms with Gasteiger partial charge in [-0.05, 0) is 54.6 Å². The lowest BCUT2D eigenvalue weighted by atomic mass is 10.1. The highest BCUT2D eigenvalue weighted by Gasteiger charge is 2.12. The van der Waals surface area contributed by atoms with Crippen LogP contribution in [0.2, 0.25) is 5.02 Å². The van der Waals surface area contributed by atoms with Crippen molar-refractivity contribution in [1.82, 2.24) is 5.43 Å². The van der Waals surface area contributed by atoms with E-state index in [2.05, 4.69) is 10.5 Å². The minimum Gasteiger partial charge on any atom is -0.497 e. The molecule has 154 valence electrons. The third-order valence-electron chi connectivity index (χ3n) is 3.92. The van der Waals surface area contributed by atoms with Crippen LogP contribution in [0, 0.1) is 0 Å². The average molecular weight is 445 g/mol.